The lowest BCUT2D eigenvalue weighted by Crippen LogP contribution is -2.25. The lowest BCUT2D eigenvalue weighted by Gasteiger charge is -2.30. The summed E-state index contributed by atoms with van der Waals surface area (Å²) in [6, 6.07) is 9.87. The molecule has 5 nitrogen and oxygen atoms in total. The molecule has 0 unspecified atom stereocenters. The molecule has 26 heavy (non-hydrogen) atoms. The summed E-state index contributed by atoms with van der Waals surface area (Å²) in [5, 5.41) is 0. The van der Waals surface area contributed by atoms with E-state index in [2.05, 4.69) is 0 Å². The summed E-state index contributed by atoms with van der Waals surface area (Å²) in [6.07, 6.45) is 2.88. The molecule has 1 aromatic heterocycles. The number of fused-ring (bicyclic) bond motifs is 2. The van der Waals surface area contributed by atoms with Gasteiger partial charge < -0.3 is 15.2 Å². The van der Waals surface area contributed by atoms with E-state index >= 15 is 0 Å². The highest BCUT2D eigenvalue weighted by atomic mass is 16.5. The molecule has 4 rings (SSSR count). The first-order valence-corrected chi connectivity index (χ1v) is 9.03. The monoisotopic (exact) mass is 350 g/mol. The molecule has 0 amide bonds. The zero-order valence-corrected chi connectivity index (χ0v) is 15.0. The topological polar surface area (TPSA) is 74.4 Å². The number of carbonyl (C=O) groups is 1. The Hall–Kier alpha value is -2.82. The van der Waals surface area contributed by atoms with Gasteiger partial charge >= 0.3 is 5.97 Å². The first kappa shape index (κ1) is 16.6. The highest BCUT2D eigenvalue weighted by molar-refractivity contribution is 5.93. The number of benzene rings is 1. The van der Waals surface area contributed by atoms with Crippen LogP contribution in [0.15, 0.2) is 41.7 Å². The third-order valence-corrected chi connectivity index (χ3v) is 5.11. The minimum Gasteiger partial charge on any atom is -0.463 e. The lowest BCUT2D eigenvalue weighted by molar-refractivity contribution is -0.139. The fraction of sp³-hybridized carbons (Fsp3) is 0.333. The van der Waals surface area contributed by atoms with Gasteiger partial charge in [-0.25, -0.2) is 9.78 Å². The minimum absolute atomic E-state index is 0.307. The maximum absolute atomic E-state index is 12.7. The maximum Gasteiger partial charge on any atom is 0.338 e. The zero-order valence-electron chi connectivity index (χ0n) is 15.0. The number of aryl methyl sites for hydroxylation is 1. The van der Waals surface area contributed by atoms with Crippen molar-refractivity contribution in [3.8, 4) is 5.88 Å². The molecule has 1 aliphatic heterocycles. The minimum atomic E-state index is -0.371. The standard InChI is InChI=1S/C21H22N2O3/c1-3-25-21(24)16-12(2)26-20-18(17(16)13-8-5-4-6-9-13)19(22)14-10-7-11-15(14)23-20/h4-6,8-9,17H,3,7,10-11H2,1-2H3,(H2,22,23)/t17-/m0/s1. The van der Waals surface area contributed by atoms with Crippen molar-refractivity contribution >= 4 is 11.7 Å². The second-order valence-corrected chi connectivity index (χ2v) is 6.66. The second-order valence-electron chi connectivity index (χ2n) is 6.66. The predicted molar refractivity (Wildman–Crippen MR) is 98.9 cm³/mol. The van der Waals surface area contributed by atoms with Gasteiger partial charge in [-0.05, 0) is 44.2 Å². The smallest absolute Gasteiger partial charge is 0.338 e. The number of nitrogens with zero attached hydrogens (tertiary/aromatic N) is 1. The predicted octanol–water partition coefficient (Wildman–Crippen LogP) is 3.51. The van der Waals surface area contributed by atoms with Crippen LogP contribution >= 0.6 is 0 Å². The van der Waals surface area contributed by atoms with E-state index in [1.807, 2.05) is 30.3 Å². The molecule has 0 spiro atoms. The van der Waals surface area contributed by atoms with Crippen molar-refractivity contribution in [3.63, 3.8) is 0 Å². The van der Waals surface area contributed by atoms with Crippen LogP contribution in [-0.2, 0) is 22.4 Å². The Morgan fingerprint density at radius 1 is 1.31 bits per heavy atom. The van der Waals surface area contributed by atoms with Crippen LogP contribution in [0.5, 0.6) is 5.88 Å². The van der Waals surface area contributed by atoms with Crippen molar-refractivity contribution in [1.82, 2.24) is 4.98 Å². The summed E-state index contributed by atoms with van der Waals surface area (Å²) in [6.45, 7) is 3.89. The molecule has 2 aliphatic rings. The molecule has 0 bridgehead atoms. The number of nitrogens with two attached hydrogens (primary N) is 1. The molecule has 134 valence electrons. The van der Waals surface area contributed by atoms with E-state index in [0.29, 0.717) is 29.5 Å². The molecule has 0 saturated carbocycles. The van der Waals surface area contributed by atoms with Crippen LogP contribution in [-0.4, -0.2) is 17.6 Å². The lowest BCUT2D eigenvalue weighted by atomic mass is 9.81. The SMILES string of the molecule is CCOC(=O)C1=C(C)Oc2nc3c(c(N)c2[C@H]1c1ccccc1)CCC3. The molecule has 1 aromatic carbocycles. The van der Waals surface area contributed by atoms with Crippen LogP contribution in [0.25, 0.3) is 0 Å². The van der Waals surface area contributed by atoms with Crippen molar-refractivity contribution in [3.05, 3.63) is 64.0 Å². The Morgan fingerprint density at radius 3 is 2.81 bits per heavy atom. The van der Waals surface area contributed by atoms with Crippen LogP contribution in [0.1, 0.15) is 48.6 Å². The number of hydrogen-bond acceptors (Lipinski definition) is 5. The molecule has 2 aromatic rings. The highest BCUT2D eigenvalue weighted by Gasteiger charge is 2.38. The van der Waals surface area contributed by atoms with Crippen LogP contribution in [0, 0.1) is 0 Å². The molecular formula is C21H22N2O3. The molecule has 2 N–H and O–H groups in total. The summed E-state index contributed by atoms with van der Waals surface area (Å²) >= 11 is 0. The van der Waals surface area contributed by atoms with E-state index in [0.717, 1.165) is 41.6 Å². The average molecular weight is 350 g/mol. The van der Waals surface area contributed by atoms with E-state index in [-0.39, 0.29) is 11.9 Å². The third kappa shape index (κ3) is 2.55. The molecule has 0 saturated heterocycles. The van der Waals surface area contributed by atoms with Gasteiger partial charge in [0.1, 0.15) is 5.76 Å². The number of hydrogen-bond donors (Lipinski definition) is 1. The number of aromatic nitrogens is 1. The summed E-state index contributed by atoms with van der Waals surface area (Å²) in [5.74, 6) is 0.332. The number of pyridine rings is 1. The Bertz CT molecular complexity index is 903. The van der Waals surface area contributed by atoms with Gasteiger partial charge in [-0.3, -0.25) is 0 Å². The summed E-state index contributed by atoms with van der Waals surface area (Å²) in [4.78, 5) is 17.5. The largest absolute Gasteiger partial charge is 0.463 e. The zero-order chi connectivity index (χ0) is 18.3. The first-order chi connectivity index (χ1) is 12.6. The number of ether oxygens (including phenoxy) is 2. The van der Waals surface area contributed by atoms with Crippen LogP contribution in [0.4, 0.5) is 5.69 Å². The van der Waals surface area contributed by atoms with Crippen LogP contribution in [0.2, 0.25) is 0 Å². The fourth-order valence-corrected chi connectivity index (χ4v) is 3.96. The molecule has 5 heteroatoms. The van der Waals surface area contributed by atoms with E-state index < -0.39 is 0 Å². The molecular weight excluding hydrogens is 328 g/mol. The van der Waals surface area contributed by atoms with Crippen LogP contribution < -0.4 is 10.5 Å². The normalized spacial score (nSPS) is 18.2. The van der Waals surface area contributed by atoms with Gasteiger partial charge in [0.25, 0.3) is 0 Å². The number of carbonyl (C=O) groups excluding carboxylic acids is 1. The third-order valence-electron chi connectivity index (χ3n) is 5.11. The fourth-order valence-electron chi connectivity index (χ4n) is 3.96. The van der Waals surface area contributed by atoms with Gasteiger partial charge in [0.15, 0.2) is 0 Å². The van der Waals surface area contributed by atoms with E-state index in [4.69, 9.17) is 20.2 Å². The van der Waals surface area contributed by atoms with E-state index in [9.17, 15) is 4.79 Å². The highest BCUT2D eigenvalue weighted by Crippen LogP contribution is 2.47. The number of rotatable bonds is 3. The van der Waals surface area contributed by atoms with Gasteiger partial charge in [0.2, 0.25) is 5.88 Å². The first-order valence-electron chi connectivity index (χ1n) is 9.03. The van der Waals surface area contributed by atoms with Gasteiger partial charge in [-0.15, -0.1) is 0 Å². The number of anilines is 1. The number of esters is 1. The maximum atomic E-state index is 12.7. The average Bonchev–Trinajstić information content (AvgIpc) is 3.10. The summed E-state index contributed by atoms with van der Waals surface area (Å²) < 4.78 is 11.3. The van der Waals surface area contributed by atoms with E-state index in [1.165, 1.54) is 0 Å². The number of allylic oxidation sites excluding steroid dienone is 1. The summed E-state index contributed by atoms with van der Waals surface area (Å²) in [5.41, 5.74) is 11.6. The van der Waals surface area contributed by atoms with Crippen molar-refractivity contribution in [2.24, 2.45) is 0 Å². The van der Waals surface area contributed by atoms with Gasteiger partial charge in [-0.2, -0.15) is 0 Å². The van der Waals surface area contributed by atoms with Crippen LogP contribution in [0.3, 0.4) is 0 Å². The molecule has 2 heterocycles. The second kappa shape index (κ2) is 6.48. The Balaban J connectivity index is 1.95. The summed E-state index contributed by atoms with van der Waals surface area (Å²) in [7, 11) is 0. The van der Waals surface area contributed by atoms with Crippen molar-refractivity contribution in [2.45, 2.75) is 39.0 Å². The van der Waals surface area contributed by atoms with Gasteiger partial charge in [0.05, 0.1) is 23.7 Å². The Kier molecular flexibility index (Phi) is 4.15. The molecule has 1 aliphatic carbocycles. The molecule has 0 radical (unpaired) electrons. The van der Waals surface area contributed by atoms with Crippen molar-refractivity contribution < 1.29 is 14.3 Å². The van der Waals surface area contributed by atoms with Gasteiger partial charge in [0, 0.05) is 11.4 Å². The van der Waals surface area contributed by atoms with Crippen molar-refractivity contribution in [1.29, 1.82) is 0 Å². The molecule has 0 fully saturated rings. The number of nitrogen functional groups attached to an aromatic ring is 1. The Morgan fingerprint density at radius 2 is 2.08 bits per heavy atom. The Labute approximate surface area is 152 Å². The molecule has 1 atom stereocenters. The quantitative estimate of drug-likeness (QED) is 0.858. The van der Waals surface area contributed by atoms with E-state index in [1.54, 1.807) is 13.8 Å². The van der Waals surface area contributed by atoms with Gasteiger partial charge in [-0.1, -0.05) is 30.3 Å². The van der Waals surface area contributed by atoms with Crippen molar-refractivity contribution in [2.75, 3.05) is 12.3 Å².